The fourth-order valence-corrected chi connectivity index (χ4v) is 3.55. The average Bonchev–Trinajstić information content (AvgIpc) is 3.16. The van der Waals surface area contributed by atoms with Gasteiger partial charge in [-0.05, 0) is 32.3 Å². The smallest absolute Gasteiger partial charge is 0.355 e. The van der Waals surface area contributed by atoms with E-state index in [9.17, 15) is 9.59 Å². The first-order chi connectivity index (χ1) is 10.9. The minimum atomic E-state index is -1.05. The van der Waals surface area contributed by atoms with Crippen molar-refractivity contribution in [1.29, 1.82) is 0 Å². The van der Waals surface area contributed by atoms with Crippen LogP contribution in [0.5, 0.6) is 0 Å². The Morgan fingerprint density at radius 2 is 1.91 bits per heavy atom. The SMILES string of the molecule is Cc1cc(C)cc(C2(C(=O)NCc3nc(C(=O)O)cs3)CC2)c1. The number of carboxylic acids is 1. The van der Waals surface area contributed by atoms with E-state index in [-0.39, 0.29) is 18.1 Å². The van der Waals surface area contributed by atoms with Gasteiger partial charge in [0.25, 0.3) is 0 Å². The molecule has 2 N–H and O–H groups in total. The second-order valence-electron chi connectivity index (χ2n) is 6.07. The van der Waals surface area contributed by atoms with Crippen LogP contribution in [0.1, 0.15) is 45.0 Å². The molecule has 3 rings (SSSR count). The molecule has 120 valence electrons. The van der Waals surface area contributed by atoms with E-state index >= 15 is 0 Å². The molecule has 1 aliphatic rings. The van der Waals surface area contributed by atoms with Crippen LogP contribution in [0.15, 0.2) is 23.6 Å². The van der Waals surface area contributed by atoms with Gasteiger partial charge in [0, 0.05) is 5.38 Å². The summed E-state index contributed by atoms with van der Waals surface area (Å²) in [5.41, 5.74) is 2.98. The highest BCUT2D eigenvalue weighted by atomic mass is 32.1. The van der Waals surface area contributed by atoms with Crippen molar-refractivity contribution in [3.05, 3.63) is 51.0 Å². The summed E-state index contributed by atoms with van der Waals surface area (Å²) in [6.45, 7) is 4.34. The lowest BCUT2D eigenvalue weighted by Crippen LogP contribution is -2.34. The van der Waals surface area contributed by atoms with Crippen LogP contribution in [0.4, 0.5) is 0 Å². The number of carbonyl (C=O) groups is 2. The minimum Gasteiger partial charge on any atom is -0.476 e. The molecular formula is C17H18N2O3S. The molecule has 1 heterocycles. The maximum Gasteiger partial charge on any atom is 0.355 e. The molecule has 0 bridgehead atoms. The Morgan fingerprint density at radius 3 is 2.43 bits per heavy atom. The summed E-state index contributed by atoms with van der Waals surface area (Å²) >= 11 is 1.24. The normalized spacial score (nSPS) is 15.2. The zero-order valence-electron chi connectivity index (χ0n) is 13.0. The van der Waals surface area contributed by atoms with Gasteiger partial charge in [-0.1, -0.05) is 29.3 Å². The summed E-state index contributed by atoms with van der Waals surface area (Å²) in [4.78, 5) is 27.4. The van der Waals surface area contributed by atoms with Crippen molar-refractivity contribution >= 4 is 23.2 Å². The van der Waals surface area contributed by atoms with Crippen molar-refractivity contribution in [2.24, 2.45) is 0 Å². The highest BCUT2D eigenvalue weighted by molar-refractivity contribution is 7.09. The molecule has 0 radical (unpaired) electrons. The molecule has 1 aromatic carbocycles. The minimum absolute atomic E-state index is 0.00502. The summed E-state index contributed by atoms with van der Waals surface area (Å²) in [5, 5.41) is 13.9. The number of nitrogens with one attached hydrogen (secondary N) is 1. The largest absolute Gasteiger partial charge is 0.476 e. The Bertz CT molecular complexity index is 758. The molecule has 0 saturated heterocycles. The molecule has 1 aromatic heterocycles. The van der Waals surface area contributed by atoms with Gasteiger partial charge in [-0.3, -0.25) is 4.79 Å². The predicted octanol–water partition coefficient (Wildman–Crippen LogP) is 2.81. The lowest BCUT2D eigenvalue weighted by atomic mass is 9.92. The van der Waals surface area contributed by atoms with Crippen molar-refractivity contribution in [2.45, 2.75) is 38.6 Å². The van der Waals surface area contributed by atoms with Crippen molar-refractivity contribution in [1.82, 2.24) is 10.3 Å². The number of aryl methyl sites for hydroxylation is 2. The van der Waals surface area contributed by atoms with E-state index in [1.165, 1.54) is 16.7 Å². The number of benzene rings is 1. The number of hydrogen-bond donors (Lipinski definition) is 2. The maximum atomic E-state index is 12.6. The van der Waals surface area contributed by atoms with E-state index < -0.39 is 11.4 Å². The Labute approximate surface area is 138 Å². The Morgan fingerprint density at radius 1 is 1.26 bits per heavy atom. The van der Waals surface area contributed by atoms with Crippen molar-refractivity contribution in [3.63, 3.8) is 0 Å². The molecule has 23 heavy (non-hydrogen) atoms. The lowest BCUT2D eigenvalue weighted by Gasteiger charge is -2.16. The van der Waals surface area contributed by atoms with Crippen molar-refractivity contribution in [3.8, 4) is 0 Å². The van der Waals surface area contributed by atoms with Crippen LogP contribution in [0, 0.1) is 13.8 Å². The van der Waals surface area contributed by atoms with E-state index in [1.807, 2.05) is 13.8 Å². The van der Waals surface area contributed by atoms with Crippen LogP contribution in [0.25, 0.3) is 0 Å². The molecule has 6 heteroatoms. The summed E-state index contributed by atoms with van der Waals surface area (Å²) in [5.74, 6) is -1.05. The van der Waals surface area contributed by atoms with E-state index in [2.05, 4.69) is 28.5 Å². The fourth-order valence-electron chi connectivity index (χ4n) is 2.84. The van der Waals surface area contributed by atoms with Gasteiger partial charge in [0.05, 0.1) is 12.0 Å². The number of carbonyl (C=O) groups excluding carboxylic acids is 1. The van der Waals surface area contributed by atoms with E-state index in [1.54, 1.807) is 0 Å². The number of aromatic carboxylic acids is 1. The monoisotopic (exact) mass is 330 g/mol. The van der Waals surface area contributed by atoms with Gasteiger partial charge in [-0.15, -0.1) is 11.3 Å². The second-order valence-corrected chi connectivity index (χ2v) is 7.02. The summed E-state index contributed by atoms with van der Waals surface area (Å²) in [7, 11) is 0. The Hall–Kier alpha value is -2.21. The molecule has 0 unspecified atom stereocenters. The van der Waals surface area contributed by atoms with Gasteiger partial charge in [0.15, 0.2) is 5.69 Å². The fraction of sp³-hybridized carbons (Fsp3) is 0.353. The van der Waals surface area contributed by atoms with Gasteiger partial charge >= 0.3 is 5.97 Å². The topological polar surface area (TPSA) is 79.3 Å². The third-order valence-electron chi connectivity index (χ3n) is 4.13. The molecule has 0 atom stereocenters. The van der Waals surface area contributed by atoms with Crippen LogP contribution in [-0.2, 0) is 16.8 Å². The third kappa shape index (κ3) is 3.12. The number of carboxylic acid groups (broad SMARTS) is 1. The number of rotatable bonds is 5. The van der Waals surface area contributed by atoms with Crippen LogP contribution >= 0.6 is 11.3 Å². The van der Waals surface area contributed by atoms with Crippen LogP contribution in [0.3, 0.4) is 0 Å². The van der Waals surface area contributed by atoms with E-state index in [0.29, 0.717) is 5.01 Å². The van der Waals surface area contributed by atoms with Gasteiger partial charge < -0.3 is 10.4 Å². The molecular weight excluding hydrogens is 312 g/mol. The number of aromatic nitrogens is 1. The quantitative estimate of drug-likeness (QED) is 0.883. The lowest BCUT2D eigenvalue weighted by molar-refractivity contribution is -0.123. The standard InChI is InChI=1S/C17H18N2O3S/c1-10-5-11(2)7-12(6-10)17(3-4-17)16(22)18-8-14-19-13(9-23-14)15(20)21/h5-7,9H,3-4,8H2,1-2H3,(H,18,22)(H,20,21). The van der Waals surface area contributed by atoms with E-state index in [0.717, 1.165) is 29.5 Å². The number of amides is 1. The molecule has 1 fully saturated rings. The molecule has 0 spiro atoms. The molecule has 0 aliphatic heterocycles. The predicted molar refractivity (Wildman–Crippen MR) is 87.7 cm³/mol. The average molecular weight is 330 g/mol. The van der Waals surface area contributed by atoms with Crippen LogP contribution in [-0.4, -0.2) is 22.0 Å². The maximum absolute atomic E-state index is 12.6. The first kappa shape index (κ1) is 15.7. The first-order valence-electron chi connectivity index (χ1n) is 7.45. The van der Waals surface area contributed by atoms with Gasteiger partial charge in [-0.2, -0.15) is 0 Å². The first-order valence-corrected chi connectivity index (χ1v) is 8.33. The van der Waals surface area contributed by atoms with Crippen molar-refractivity contribution in [2.75, 3.05) is 0 Å². The second kappa shape index (κ2) is 5.77. The summed E-state index contributed by atoms with van der Waals surface area (Å²) in [6.07, 6.45) is 1.69. The van der Waals surface area contributed by atoms with Crippen molar-refractivity contribution < 1.29 is 14.7 Å². The molecule has 2 aromatic rings. The molecule has 5 nitrogen and oxygen atoms in total. The molecule has 1 aliphatic carbocycles. The molecule has 1 amide bonds. The number of nitrogens with zero attached hydrogens (tertiary/aromatic N) is 1. The van der Waals surface area contributed by atoms with Crippen LogP contribution in [0.2, 0.25) is 0 Å². The summed E-state index contributed by atoms with van der Waals surface area (Å²) in [6, 6.07) is 6.25. The Balaban J connectivity index is 1.71. The summed E-state index contributed by atoms with van der Waals surface area (Å²) < 4.78 is 0. The Kier molecular flexibility index (Phi) is 3.93. The zero-order valence-corrected chi connectivity index (χ0v) is 13.9. The third-order valence-corrected chi connectivity index (χ3v) is 4.98. The zero-order chi connectivity index (χ0) is 16.6. The molecule has 1 saturated carbocycles. The number of hydrogen-bond acceptors (Lipinski definition) is 4. The highest BCUT2D eigenvalue weighted by Crippen LogP contribution is 2.48. The highest BCUT2D eigenvalue weighted by Gasteiger charge is 2.51. The van der Waals surface area contributed by atoms with Gasteiger partial charge in [0.1, 0.15) is 5.01 Å². The van der Waals surface area contributed by atoms with Gasteiger partial charge in [-0.25, -0.2) is 9.78 Å². The van der Waals surface area contributed by atoms with E-state index in [4.69, 9.17) is 5.11 Å². The van der Waals surface area contributed by atoms with Crippen LogP contribution < -0.4 is 5.32 Å². The van der Waals surface area contributed by atoms with Gasteiger partial charge in [0.2, 0.25) is 5.91 Å². The number of thiazole rings is 1.